The summed E-state index contributed by atoms with van der Waals surface area (Å²) < 4.78 is 5.92. The van der Waals surface area contributed by atoms with E-state index in [4.69, 9.17) is 15.7 Å². The molecule has 1 aliphatic rings. The van der Waals surface area contributed by atoms with Gasteiger partial charge in [-0.25, -0.2) is 0 Å². The summed E-state index contributed by atoms with van der Waals surface area (Å²) in [5, 5.41) is 11.7. The molecule has 4 nitrogen and oxygen atoms in total. The number of nitrogens with zero attached hydrogens (tertiary/aromatic N) is 1. The molecule has 1 saturated carbocycles. The Balaban J connectivity index is 2.02. The maximum Gasteiger partial charge on any atom is 0.170 e. The summed E-state index contributed by atoms with van der Waals surface area (Å²) in [6, 6.07) is 5.61. The van der Waals surface area contributed by atoms with E-state index in [-0.39, 0.29) is 5.84 Å². The van der Waals surface area contributed by atoms with Crippen molar-refractivity contribution >= 4 is 5.84 Å². The summed E-state index contributed by atoms with van der Waals surface area (Å²) in [5.41, 5.74) is 7.36. The fourth-order valence-corrected chi connectivity index (χ4v) is 2.53. The van der Waals surface area contributed by atoms with Crippen LogP contribution in [0.4, 0.5) is 0 Å². The molecule has 2 rings (SSSR count). The Labute approximate surface area is 114 Å². The number of aryl methyl sites for hydroxylation is 1. The molecular formula is C15H22N2O2. The standard InChI is InChI=1S/C15H22N2O2/c1-11-7-8-13(15(16)17-18)9-14(11)19-10-12-5-3-2-4-6-12/h7-9,12,18H,2-6,10H2,1H3,(H2,16,17). The molecule has 1 aliphatic carbocycles. The van der Waals surface area contributed by atoms with Crippen LogP contribution in [0.2, 0.25) is 0 Å². The van der Waals surface area contributed by atoms with Gasteiger partial charge in [-0.1, -0.05) is 36.6 Å². The molecule has 104 valence electrons. The van der Waals surface area contributed by atoms with Gasteiger partial charge >= 0.3 is 0 Å². The van der Waals surface area contributed by atoms with Gasteiger partial charge < -0.3 is 15.7 Å². The number of benzene rings is 1. The summed E-state index contributed by atoms with van der Waals surface area (Å²) >= 11 is 0. The molecule has 0 radical (unpaired) electrons. The molecular weight excluding hydrogens is 240 g/mol. The fraction of sp³-hybridized carbons (Fsp3) is 0.533. The van der Waals surface area contributed by atoms with Crippen molar-refractivity contribution in [2.45, 2.75) is 39.0 Å². The lowest BCUT2D eigenvalue weighted by Crippen LogP contribution is -2.16. The lowest BCUT2D eigenvalue weighted by molar-refractivity contribution is 0.208. The van der Waals surface area contributed by atoms with Crippen molar-refractivity contribution in [2.24, 2.45) is 16.8 Å². The van der Waals surface area contributed by atoms with E-state index >= 15 is 0 Å². The van der Waals surface area contributed by atoms with Gasteiger partial charge in [0.2, 0.25) is 0 Å². The quantitative estimate of drug-likeness (QED) is 0.379. The highest BCUT2D eigenvalue weighted by Crippen LogP contribution is 2.26. The Kier molecular flexibility index (Phi) is 4.66. The Morgan fingerprint density at radius 3 is 2.79 bits per heavy atom. The monoisotopic (exact) mass is 262 g/mol. The summed E-state index contributed by atoms with van der Waals surface area (Å²) in [6.07, 6.45) is 6.51. The van der Waals surface area contributed by atoms with Crippen LogP contribution in [0.5, 0.6) is 5.75 Å². The van der Waals surface area contributed by atoms with E-state index in [0.717, 1.165) is 17.9 Å². The number of amidine groups is 1. The number of nitrogens with two attached hydrogens (primary N) is 1. The second-order valence-electron chi connectivity index (χ2n) is 5.28. The lowest BCUT2D eigenvalue weighted by Gasteiger charge is -2.22. The average molecular weight is 262 g/mol. The molecule has 0 spiro atoms. The number of rotatable bonds is 4. The average Bonchev–Trinajstić information content (AvgIpc) is 2.46. The van der Waals surface area contributed by atoms with Gasteiger partial charge in [0.1, 0.15) is 5.75 Å². The van der Waals surface area contributed by atoms with Gasteiger partial charge in [-0.15, -0.1) is 0 Å². The number of oxime groups is 1. The van der Waals surface area contributed by atoms with Crippen LogP contribution in [0.15, 0.2) is 23.4 Å². The highest BCUT2D eigenvalue weighted by molar-refractivity contribution is 5.97. The van der Waals surface area contributed by atoms with Crippen molar-refractivity contribution in [1.82, 2.24) is 0 Å². The van der Waals surface area contributed by atoms with Crippen LogP contribution in [-0.2, 0) is 0 Å². The topological polar surface area (TPSA) is 67.8 Å². The van der Waals surface area contributed by atoms with E-state index in [0.29, 0.717) is 11.5 Å². The molecule has 0 amide bonds. The molecule has 0 atom stereocenters. The largest absolute Gasteiger partial charge is 0.493 e. The minimum atomic E-state index is 0.113. The van der Waals surface area contributed by atoms with Gasteiger partial charge in [-0.2, -0.15) is 0 Å². The first-order valence-electron chi connectivity index (χ1n) is 6.92. The van der Waals surface area contributed by atoms with Crippen LogP contribution in [0.1, 0.15) is 43.2 Å². The zero-order chi connectivity index (χ0) is 13.7. The molecule has 0 aromatic heterocycles. The molecule has 4 heteroatoms. The zero-order valence-electron chi connectivity index (χ0n) is 11.4. The van der Waals surface area contributed by atoms with Gasteiger partial charge in [0.15, 0.2) is 5.84 Å². The third kappa shape index (κ3) is 3.63. The molecule has 19 heavy (non-hydrogen) atoms. The molecule has 0 aliphatic heterocycles. The second kappa shape index (κ2) is 6.45. The molecule has 0 unspecified atom stereocenters. The normalized spacial score (nSPS) is 17.4. The highest BCUT2D eigenvalue weighted by atomic mass is 16.5. The van der Waals surface area contributed by atoms with Crippen LogP contribution in [0.25, 0.3) is 0 Å². The van der Waals surface area contributed by atoms with E-state index in [1.165, 1.54) is 32.1 Å². The van der Waals surface area contributed by atoms with Crippen molar-refractivity contribution in [1.29, 1.82) is 0 Å². The van der Waals surface area contributed by atoms with Crippen molar-refractivity contribution in [3.8, 4) is 5.75 Å². The van der Waals surface area contributed by atoms with E-state index in [9.17, 15) is 0 Å². The first kappa shape index (κ1) is 13.7. The number of ether oxygens (including phenoxy) is 1. The van der Waals surface area contributed by atoms with Gasteiger partial charge in [0, 0.05) is 5.56 Å². The van der Waals surface area contributed by atoms with Crippen molar-refractivity contribution in [2.75, 3.05) is 6.61 Å². The van der Waals surface area contributed by atoms with Crippen LogP contribution >= 0.6 is 0 Å². The number of hydrogen-bond acceptors (Lipinski definition) is 3. The van der Waals surface area contributed by atoms with Gasteiger partial charge in [-0.3, -0.25) is 0 Å². The Morgan fingerprint density at radius 2 is 2.11 bits per heavy atom. The molecule has 1 fully saturated rings. The number of hydrogen-bond donors (Lipinski definition) is 2. The van der Waals surface area contributed by atoms with Crippen LogP contribution in [-0.4, -0.2) is 17.6 Å². The van der Waals surface area contributed by atoms with E-state index < -0.39 is 0 Å². The van der Waals surface area contributed by atoms with Gasteiger partial charge in [-0.05, 0) is 37.3 Å². The smallest absolute Gasteiger partial charge is 0.170 e. The first-order valence-corrected chi connectivity index (χ1v) is 6.92. The van der Waals surface area contributed by atoms with Crippen LogP contribution in [0.3, 0.4) is 0 Å². The summed E-state index contributed by atoms with van der Waals surface area (Å²) in [7, 11) is 0. The molecule has 3 N–H and O–H groups in total. The first-order chi connectivity index (χ1) is 9.20. The van der Waals surface area contributed by atoms with E-state index in [1.54, 1.807) is 0 Å². The van der Waals surface area contributed by atoms with Crippen molar-refractivity contribution in [3.05, 3.63) is 29.3 Å². The third-order valence-corrected chi connectivity index (χ3v) is 3.79. The minimum absolute atomic E-state index is 0.113. The maximum atomic E-state index is 8.70. The Hall–Kier alpha value is -1.71. The highest BCUT2D eigenvalue weighted by Gasteiger charge is 2.14. The van der Waals surface area contributed by atoms with Crippen molar-refractivity contribution < 1.29 is 9.94 Å². The Bertz CT molecular complexity index is 451. The third-order valence-electron chi connectivity index (χ3n) is 3.79. The van der Waals surface area contributed by atoms with E-state index in [1.807, 2.05) is 25.1 Å². The fourth-order valence-electron chi connectivity index (χ4n) is 2.53. The second-order valence-corrected chi connectivity index (χ2v) is 5.28. The summed E-state index contributed by atoms with van der Waals surface area (Å²) in [6.45, 7) is 2.77. The molecule has 1 aromatic rings. The minimum Gasteiger partial charge on any atom is -0.493 e. The maximum absolute atomic E-state index is 8.70. The van der Waals surface area contributed by atoms with Gasteiger partial charge in [0.05, 0.1) is 6.61 Å². The molecule has 0 bridgehead atoms. The predicted octanol–water partition coefficient (Wildman–Crippen LogP) is 3.05. The summed E-state index contributed by atoms with van der Waals surface area (Å²) in [5.74, 6) is 1.61. The Morgan fingerprint density at radius 1 is 1.37 bits per heavy atom. The predicted molar refractivity (Wildman–Crippen MR) is 75.8 cm³/mol. The van der Waals surface area contributed by atoms with Gasteiger partial charge in [0.25, 0.3) is 0 Å². The molecule has 0 saturated heterocycles. The summed E-state index contributed by atoms with van der Waals surface area (Å²) in [4.78, 5) is 0. The zero-order valence-corrected chi connectivity index (χ0v) is 11.4. The van der Waals surface area contributed by atoms with Crippen molar-refractivity contribution in [3.63, 3.8) is 0 Å². The molecule has 1 aromatic carbocycles. The molecule has 0 heterocycles. The SMILES string of the molecule is Cc1ccc(/C(N)=N/O)cc1OCC1CCCCC1. The van der Waals surface area contributed by atoms with Crippen LogP contribution in [0, 0.1) is 12.8 Å². The van der Waals surface area contributed by atoms with E-state index in [2.05, 4.69) is 5.16 Å². The lowest BCUT2D eigenvalue weighted by atomic mass is 9.90. The van der Waals surface area contributed by atoms with Crippen LogP contribution < -0.4 is 10.5 Å².